The van der Waals surface area contributed by atoms with Crippen molar-refractivity contribution < 1.29 is 13.2 Å². The Bertz CT molecular complexity index is 1170. The van der Waals surface area contributed by atoms with Gasteiger partial charge in [-0.3, -0.25) is 9.59 Å². The van der Waals surface area contributed by atoms with Crippen LogP contribution in [0, 0.1) is 5.92 Å². The molecular weight excluding hydrogens is 414 g/mol. The molecule has 2 saturated heterocycles. The van der Waals surface area contributed by atoms with Crippen molar-refractivity contribution in [1.29, 1.82) is 0 Å². The van der Waals surface area contributed by atoms with Crippen molar-refractivity contribution in [3.05, 3.63) is 64.1 Å². The van der Waals surface area contributed by atoms with Crippen LogP contribution in [-0.4, -0.2) is 54.3 Å². The average molecular weight is 442 g/mol. The predicted octanol–water partition coefficient (Wildman–Crippen LogP) is 2.28. The molecule has 0 saturated carbocycles. The van der Waals surface area contributed by atoms with E-state index in [0.29, 0.717) is 25.2 Å². The van der Waals surface area contributed by atoms with Crippen LogP contribution < -0.4 is 5.56 Å². The fraction of sp³-hybridized carbons (Fsp3) is 0.478. The Morgan fingerprint density at radius 1 is 0.935 bits per heavy atom. The van der Waals surface area contributed by atoms with E-state index in [-0.39, 0.29) is 28.2 Å². The molecule has 2 aromatic rings. The van der Waals surface area contributed by atoms with Gasteiger partial charge in [0, 0.05) is 56.0 Å². The Kier molecular flexibility index (Phi) is 5.22. The monoisotopic (exact) mass is 441 g/mol. The Labute approximate surface area is 182 Å². The van der Waals surface area contributed by atoms with Crippen molar-refractivity contribution in [2.75, 3.05) is 26.2 Å². The first-order valence-electron chi connectivity index (χ1n) is 11.0. The van der Waals surface area contributed by atoms with E-state index in [0.717, 1.165) is 44.5 Å². The Hall–Kier alpha value is -2.45. The van der Waals surface area contributed by atoms with Crippen LogP contribution in [0.2, 0.25) is 0 Å². The molecule has 0 N–H and O–H groups in total. The van der Waals surface area contributed by atoms with Gasteiger partial charge < -0.3 is 9.47 Å². The minimum atomic E-state index is -3.73. The molecular formula is C23H27N3O4S. The molecule has 1 aromatic heterocycles. The van der Waals surface area contributed by atoms with Gasteiger partial charge in [-0.05, 0) is 55.9 Å². The molecule has 5 rings (SSSR count). The maximum atomic E-state index is 13.5. The van der Waals surface area contributed by atoms with Crippen molar-refractivity contribution in [1.82, 2.24) is 13.8 Å². The van der Waals surface area contributed by atoms with Gasteiger partial charge in [-0.25, -0.2) is 8.42 Å². The number of aromatic nitrogens is 1. The third-order valence-corrected chi connectivity index (χ3v) is 8.64. The van der Waals surface area contributed by atoms with E-state index in [1.54, 1.807) is 34.9 Å². The van der Waals surface area contributed by atoms with E-state index >= 15 is 0 Å². The molecule has 1 aromatic carbocycles. The van der Waals surface area contributed by atoms with Crippen molar-refractivity contribution >= 4 is 15.9 Å². The number of rotatable bonds is 3. The smallest absolute Gasteiger partial charge is 0.253 e. The number of piperidine rings is 2. The summed E-state index contributed by atoms with van der Waals surface area (Å²) >= 11 is 0. The molecule has 0 spiro atoms. The average Bonchev–Trinajstić information content (AvgIpc) is 2.80. The normalized spacial score (nSPS) is 23.9. The van der Waals surface area contributed by atoms with Crippen LogP contribution in [-0.2, 0) is 16.6 Å². The second kappa shape index (κ2) is 7.91. The number of carbonyl (C=O) groups excluding carboxylic acids is 1. The summed E-state index contributed by atoms with van der Waals surface area (Å²) < 4.78 is 30.3. The molecule has 164 valence electrons. The van der Waals surface area contributed by atoms with Crippen LogP contribution in [0.1, 0.15) is 47.7 Å². The molecule has 3 aliphatic rings. The third kappa shape index (κ3) is 3.72. The largest absolute Gasteiger partial charge is 0.339 e. The van der Waals surface area contributed by atoms with Crippen LogP contribution in [0.25, 0.3) is 0 Å². The quantitative estimate of drug-likeness (QED) is 0.732. The summed E-state index contributed by atoms with van der Waals surface area (Å²) in [6, 6.07) is 11.7. The number of pyridine rings is 1. The molecule has 0 unspecified atom stereocenters. The maximum absolute atomic E-state index is 13.5. The number of carbonyl (C=O) groups is 1. The summed E-state index contributed by atoms with van der Waals surface area (Å²) in [5.74, 6) is 0.0224. The maximum Gasteiger partial charge on any atom is 0.253 e. The summed E-state index contributed by atoms with van der Waals surface area (Å²) in [6.45, 7) is 2.75. The molecule has 4 heterocycles. The Morgan fingerprint density at radius 3 is 2.52 bits per heavy atom. The highest BCUT2D eigenvalue weighted by Crippen LogP contribution is 2.37. The van der Waals surface area contributed by atoms with Gasteiger partial charge in [0.2, 0.25) is 10.0 Å². The summed E-state index contributed by atoms with van der Waals surface area (Å²) in [6.07, 6.45) is 4.00. The highest BCUT2D eigenvalue weighted by atomic mass is 32.2. The van der Waals surface area contributed by atoms with E-state index in [1.807, 2.05) is 11.0 Å². The molecule has 31 heavy (non-hydrogen) atoms. The van der Waals surface area contributed by atoms with E-state index in [4.69, 9.17) is 0 Å². The molecule has 1 amide bonds. The first-order valence-corrected chi connectivity index (χ1v) is 12.5. The third-order valence-electron chi connectivity index (χ3n) is 6.81. The molecule has 0 aliphatic carbocycles. The number of benzene rings is 1. The molecule has 2 atom stereocenters. The number of hydrogen-bond donors (Lipinski definition) is 0. The minimum absolute atomic E-state index is 0.00865. The fourth-order valence-corrected chi connectivity index (χ4v) is 6.87. The van der Waals surface area contributed by atoms with Gasteiger partial charge in [0.1, 0.15) is 0 Å². The lowest BCUT2D eigenvalue weighted by Gasteiger charge is -2.42. The Balaban J connectivity index is 1.41. The van der Waals surface area contributed by atoms with Gasteiger partial charge in [0.15, 0.2) is 0 Å². The zero-order valence-electron chi connectivity index (χ0n) is 17.4. The molecule has 3 aliphatic heterocycles. The van der Waals surface area contributed by atoms with E-state index < -0.39 is 10.0 Å². The van der Waals surface area contributed by atoms with Crippen molar-refractivity contribution in [3.63, 3.8) is 0 Å². The number of amides is 1. The van der Waals surface area contributed by atoms with Gasteiger partial charge >= 0.3 is 0 Å². The van der Waals surface area contributed by atoms with E-state index in [1.165, 1.54) is 10.4 Å². The van der Waals surface area contributed by atoms with Crippen molar-refractivity contribution in [3.8, 4) is 0 Å². The minimum Gasteiger partial charge on any atom is -0.339 e. The lowest BCUT2D eigenvalue weighted by Crippen LogP contribution is -2.49. The number of likely N-dealkylation sites (tertiary alicyclic amines) is 1. The van der Waals surface area contributed by atoms with E-state index in [9.17, 15) is 18.0 Å². The van der Waals surface area contributed by atoms with Crippen LogP contribution in [0.3, 0.4) is 0 Å². The molecule has 2 bridgehead atoms. The lowest BCUT2D eigenvalue weighted by molar-refractivity contribution is 0.0724. The summed E-state index contributed by atoms with van der Waals surface area (Å²) in [5, 5.41) is 0. The molecule has 2 fully saturated rings. The van der Waals surface area contributed by atoms with Crippen LogP contribution >= 0.6 is 0 Å². The van der Waals surface area contributed by atoms with Crippen LogP contribution in [0.4, 0.5) is 0 Å². The second-order valence-electron chi connectivity index (χ2n) is 8.90. The van der Waals surface area contributed by atoms with Crippen LogP contribution in [0.15, 0.2) is 52.2 Å². The number of fused-ring (bicyclic) bond motifs is 4. The molecule has 7 nitrogen and oxygen atoms in total. The highest BCUT2D eigenvalue weighted by molar-refractivity contribution is 7.89. The SMILES string of the molecule is O=C(c1cccc(S(=O)(=O)N2C[C@H]3C[C@@H](C2)c2cccc(=O)n2C3)c1)N1CCCCC1. The first-order chi connectivity index (χ1) is 14.9. The van der Waals surface area contributed by atoms with Gasteiger partial charge in [-0.2, -0.15) is 4.31 Å². The van der Waals surface area contributed by atoms with Crippen LogP contribution in [0.5, 0.6) is 0 Å². The van der Waals surface area contributed by atoms with Gasteiger partial charge in [0.05, 0.1) is 4.90 Å². The Morgan fingerprint density at radius 2 is 1.71 bits per heavy atom. The van der Waals surface area contributed by atoms with Crippen molar-refractivity contribution in [2.45, 2.75) is 43.0 Å². The first kappa shape index (κ1) is 20.5. The summed E-state index contributed by atoms with van der Waals surface area (Å²) in [5.41, 5.74) is 1.32. The lowest BCUT2D eigenvalue weighted by atomic mass is 9.84. The highest BCUT2D eigenvalue weighted by Gasteiger charge is 2.39. The predicted molar refractivity (Wildman–Crippen MR) is 117 cm³/mol. The summed E-state index contributed by atoms with van der Waals surface area (Å²) in [7, 11) is -3.73. The zero-order chi connectivity index (χ0) is 21.6. The topological polar surface area (TPSA) is 79.7 Å². The molecule has 0 radical (unpaired) electrons. The fourth-order valence-electron chi connectivity index (χ4n) is 5.27. The second-order valence-corrected chi connectivity index (χ2v) is 10.8. The zero-order valence-corrected chi connectivity index (χ0v) is 18.3. The van der Waals surface area contributed by atoms with Crippen molar-refractivity contribution in [2.24, 2.45) is 5.92 Å². The summed E-state index contributed by atoms with van der Waals surface area (Å²) in [4.78, 5) is 27.1. The number of nitrogens with zero attached hydrogens (tertiary/aromatic N) is 3. The van der Waals surface area contributed by atoms with Gasteiger partial charge in [-0.1, -0.05) is 12.1 Å². The van der Waals surface area contributed by atoms with Gasteiger partial charge in [-0.15, -0.1) is 0 Å². The molecule has 8 heteroatoms. The number of hydrogen-bond acceptors (Lipinski definition) is 4. The standard InChI is InChI=1S/C23H27N3O4S/c27-22-9-5-8-21-19-12-17(15-26(21)22)14-25(16-19)31(29,30)20-7-4-6-18(13-20)23(28)24-10-2-1-3-11-24/h4-9,13,17,19H,1-3,10-12,14-16H2/t17-,19+/m1/s1. The van der Waals surface area contributed by atoms with Gasteiger partial charge in [0.25, 0.3) is 11.5 Å². The number of sulfonamides is 1. The van der Waals surface area contributed by atoms with E-state index in [2.05, 4.69) is 0 Å².